The smallest absolute Gasteiger partial charge is 0.0979 e. The van der Waals surface area contributed by atoms with Crippen LogP contribution in [0.25, 0.3) is 82.5 Å². The summed E-state index contributed by atoms with van der Waals surface area (Å²) in [6.07, 6.45) is 1.95. The van der Waals surface area contributed by atoms with Gasteiger partial charge in [-0.3, -0.25) is 4.98 Å². The van der Waals surface area contributed by atoms with Crippen molar-refractivity contribution in [2.45, 2.75) is 19.3 Å². The number of benzene rings is 9. The molecule has 0 unspecified atom stereocenters. The molecule has 9 aromatic carbocycles. The van der Waals surface area contributed by atoms with E-state index in [4.69, 9.17) is 9.97 Å². The monoisotopic (exact) mass is 754 g/mol. The zero-order valence-electron chi connectivity index (χ0n) is 32.8. The van der Waals surface area contributed by atoms with Crippen LogP contribution in [-0.4, -0.2) is 14.5 Å². The molecule has 278 valence electrons. The molecule has 0 aliphatic heterocycles. The normalized spacial score (nSPS) is 13.1. The van der Waals surface area contributed by atoms with E-state index < -0.39 is 0 Å². The lowest BCUT2D eigenvalue weighted by Crippen LogP contribution is -2.16. The molecule has 0 amide bonds. The highest BCUT2D eigenvalue weighted by atomic mass is 15.1. The van der Waals surface area contributed by atoms with Gasteiger partial charge in [-0.15, -0.1) is 0 Å². The first-order chi connectivity index (χ1) is 29.0. The van der Waals surface area contributed by atoms with Crippen LogP contribution in [0.1, 0.15) is 25.0 Å². The fraction of sp³-hybridized carbons (Fsp3) is 0.0545. The molecule has 1 aliphatic rings. The summed E-state index contributed by atoms with van der Waals surface area (Å²) in [7, 11) is 0. The van der Waals surface area contributed by atoms with Crippen LogP contribution in [0.4, 0.5) is 17.1 Å². The third-order valence-electron chi connectivity index (χ3n) is 12.6. The molecule has 4 heteroatoms. The van der Waals surface area contributed by atoms with Crippen LogP contribution in [0.15, 0.2) is 194 Å². The van der Waals surface area contributed by atoms with E-state index in [2.05, 4.69) is 211 Å². The molecule has 0 saturated heterocycles. The van der Waals surface area contributed by atoms with E-state index in [-0.39, 0.29) is 5.41 Å². The van der Waals surface area contributed by atoms with E-state index in [1.165, 1.54) is 54.8 Å². The van der Waals surface area contributed by atoms with Gasteiger partial charge in [0.15, 0.2) is 0 Å². The predicted molar refractivity (Wildman–Crippen MR) is 247 cm³/mol. The zero-order valence-corrected chi connectivity index (χ0v) is 32.8. The Balaban J connectivity index is 0.940. The molecule has 4 nitrogen and oxygen atoms in total. The van der Waals surface area contributed by atoms with Crippen molar-refractivity contribution in [3.8, 4) is 28.1 Å². The number of fused-ring (bicyclic) bond motifs is 12. The van der Waals surface area contributed by atoms with Crippen molar-refractivity contribution < 1.29 is 0 Å². The van der Waals surface area contributed by atoms with Gasteiger partial charge in [-0.1, -0.05) is 135 Å². The summed E-state index contributed by atoms with van der Waals surface area (Å²) in [6.45, 7) is 4.70. The minimum absolute atomic E-state index is 0.243. The number of hydrogen-bond donors (Lipinski definition) is 0. The molecule has 0 N–H and O–H groups in total. The second kappa shape index (κ2) is 12.7. The van der Waals surface area contributed by atoms with Gasteiger partial charge in [0.25, 0.3) is 0 Å². The molecule has 0 fully saturated rings. The van der Waals surface area contributed by atoms with Crippen LogP contribution >= 0.6 is 0 Å². The molecule has 2 heterocycles. The van der Waals surface area contributed by atoms with Crippen molar-refractivity contribution in [2.24, 2.45) is 0 Å². The second-order valence-electron chi connectivity index (χ2n) is 16.2. The lowest BCUT2D eigenvalue weighted by atomic mass is 9.81. The molecule has 11 aromatic rings. The Kier molecular flexibility index (Phi) is 7.24. The summed E-state index contributed by atoms with van der Waals surface area (Å²) in [5.74, 6) is 0. The third-order valence-corrected chi connectivity index (χ3v) is 12.6. The van der Waals surface area contributed by atoms with Gasteiger partial charge in [0, 0.05) is 55.3 Å². The fourth-order valence-electron chi connectivity index (χ4n) is 9.76. The predicted octanol–water partition coefficient (Wildman–Crippen LogP) is 14.5. The first-order valence-corrected chi connectivity index (χ1v) is 20.3. The molecule has 0 atom stereocenters. The van der Waals surface area contributed by atoms with Gasteiger partial charge >= 0.3 is 0 Å². The van der Waals surface area contributed by atoms with Crippen molar-refractivity contribution in [3.63, 3.8) is 0 Å². The Hall–Kier alpha value is -7.56. The van der Waals surface area contributed by atoms with Crippen LogP contribution in [0, 0.1) is 0 Å². The first-order valence-electron chi connectivity index (χ1n) is 20.3. The Morgan fingerprint density at radius 1 is 0.441 bits per heavy atom. The first kappa shape index (κ1) is 33.6. The Morgan fingerprint density at radius 2 is 0.949 bits per heavy atom. The third kappa shape index (κ3) is 5.03. The number of nitrogens with zero attached hydrogens (tertiary/aromatic N) is 4. The molecule has 1 aliphatic carbocycles. The number of rotatable bonds is 5. The molecular weight excluding hydrogens is 717 g/mol. The highest BCUT2D eigenvalue weighted by molar-refractivity contribution is 6.23. The van der Waals surface area contributed by atoms with Gasteiger partial charge in [-0.25, -0.2) is 4.98 Å². The van der Waals surface area contributed by atoms with Crippen molar-refractivity contribution >= 4 is 71.4 Å². The van der Waals surface area contributed by atoms with Gasteiger partial charge in [-0.05, 0) is 99.8 Å². The summed E-state index contributed by atoms with van der Waals surface area (Å²) in [5.41, 5.74) is 15.6. The van der Waals surface area contributed by atoms with Gasteiger partial charge < -0.3 is 9.47 Å². The Morgan fingerprint density at radius 3 is 1.61 bits per heavy atom. The summed E-state index contributed by atoms with van der Waals surface area (Å²) >= 11 is 0. The molecule has 59 heavy (non-hydrogen) atoms. The maximum Gasteiger partial charge on any atom is 0.0979 e. The number of para-hydroxylation sites is 3. The van der Waals surface area contributed by atoms with E-state index >= 15 is 0 Å². The average Bonchev–Trinajstić information content (AvgIpc) is 3.75. The van der Waals surface area contributed by atoms with E-state index in [1.54, 1.807) is 0 Å². The lowest BCUT2D eigenvalue weighted by molar-refractivity contribution is 0.660. The summed E-state index contributed by atoms with van der Waals surface area (Å²) in [6, 6.07) is 67.9. The van der Waals surface area contributed by atoms with Gasteiger partial charge in [0.05, 0.1) is 34.0 Å². The average molecular weight is 755 g/mol. The van der Waals surface area contributed by atoms with Crippen molar-refractivity contribution in [1.29, 1.82) is 0 Å². The molecular formula is C55H38N4. The second-order valence-corrected chi connectivity index (χ2v) is 16.2. The minimum atomic E-state index is -0.243. The minimum Gasteiger partial charge on any atom is -0.310 e. The molecule has 0 spiro atoms. The lowest BCUT2D eigenvalue weighted by Gasteiger charge is -2.28. The quantitative estimate of drug-likeness (QED) is 0.164. The maximum atomic E-state index is 5.33. The van der Waals surface area contributed by atoms with Crippen molar-refractivity contribution in [2.75, 3.05) is 4.90 Å². The van der Waals surface area contributed by atoms with Crippen LogP contribution in [0.3, 0.4) is 0 Å². The van der Waals surface area contributed by atoms with Crippen LogP contribution < -0.4 is 4.90 Å². The van der Waals surface area contributed by atoms with Gasteiger partial charge in [0.1, 0.15) is 0 Å². The summed E-state index contributed by atoms with van der Waals surface area (Å²) in [5, 5.41) is 7.19. The molecule has 2 aromatic heterocycles. The Labute approximate surface area is 342 Å². The van der Waals surface area contributed by atoms with Crippen molar-refractivity contribution in [3.05, 3.63) is 205 Å². The summed E-state index contributed by atoms with van der Waals surface area (Å²) in [4.78, 5) is 12.8. The molecule has 12 rings (SSSR count). The highest BCUT2D eigenvalue weighted by Crippen LogP contribution is 2.52. The summed E-state index contributed by atoms with van der Waals surface area (Å²) < 4.78 is 2.37. The number of aromatic nitrogens is 3. The molecule has 0 radical (unpaired) electrons. The van der Waals surface area contributed by atoms with E-state index in [1.807, 2.05) is 6.20 Å². The number of hydrogen-bond acceptors (Lipinski definition) is 3. The van der Waals surface area contributed by atoms with E-state index in [9.17, 15) is 0 Å². The largest absolute Gasteiger partial charge is 0.310 e. The SMILES string of the molecule is CC1(C)c2cc(-c3cnc4c5ccccc5c5ccccc5c4n3)ccc2-c2ccc(N(c3ccccc3)c3ccc(-n4c5ccccc5c5ccccc54)cc3)cc21. The standard InChI is InChI=1S/C55H38N4/c1-55(2)48-32-35(50-34-56-53-46-20-8-6-16-40(46)41-17-7-9-21-47(41)54(53)57-50)24-30-42(48)43-31-29-39(33-49(43)55)58(36-14-4-3-5-15-36)37-25-27-38(28-26-37)59-51-22-12-10-18-44(51)45-19-11-13-23-52(45)59/h3-34H,1-2H3. The topological polar surface area (TPSA) is 34.0 Å². The maximum absolute atomic E-state index is 5.33. The van der Waals surface area contributed by atoms with E-state index in [0.717, 1.165) is 55.8 Å². The Bertz CT molecular complexity index is 3380. The molecule has 0 bridgehead atoms. The zero-order chi connectivity index (χ0) is 39.2. The highest BCUT2D eigenvalue weighted by Gasteiger charge is 2.36. The van der Waals surface area contributed by atoms with Gasteiger partial charge in [-0.2, -0.15) is 0 Å². The van der Waals surface area contributed by atoms with Crippen LogP contribution in [0.5, 0.6) is 0 Å². The van der Waals surface area contributed by atoms with Crippen molar-refractivity contribution in [1.82, 2.24) is 14.5 Å². The fourth-order valence-corrected chi connectivity index (χ4v) is 9.76. The van der Waals surface area contributed by atoms with Crippen LogP contribution in [0.2, 0.25) is 0 Å². The van der Waals surface area contributed by atoms with Crippen LogP contribution in [-0.2, 0) is 5.41 Å². The van der Waals surface area contributed by atoms with E-state index in [0.29, 0.717) is 0 Å². The molecule has 0 saturated carbocycles. The number of anilines is 3. The van der Waals surface area contributed by atoms with Gasteiger partial charge in [0.2, 0.25) is 0 Å².